The van der Waals surface area contributed by atoms with Gasteiger partial charge in [0.15, 0.2) is 0 Å². The summed E-state index contributed by atoms with van der Waals surface area (Å²) in [5.74, 6) is -0.412. The van der Waals surface area contributed by atoms with Crippen molar-refractivity contribution in [3.05, 3.63) is 0 Å². The Hall–Kier alpha value is -1.83. The third kappa shape index (κ3) is 4.11. The van der Waals surface area contributed by atoms with E-state index in [4.69, 9.17) is 9.47 Å². The Kier molecular flexibility index (Phi) is 6.34. The average Bonchev–Trinajstić information content (AvgIpc) is 2.73. The molecule has 1 aliphatic carbocycles. The Morgan fingerprint density at radius 1 is 0.923 bits per heavy atom. The van der Waals surface area contributed by atoms with Crippen molar-refractivity contribution in [3.63, 3.8) is 0 Å². The molecule has 1 saturated carbocycles. The molecule has 146 valence electrons. The summed E-state index contributed by atoms with van der Waals surface area (Å²) in [5.41, 5.74) is 0. The van der Waals surface area contributed by atoms with Crippen LogP contribution in [0.1, 0.15) is 32.1 Å². The topological polar surface area (TPSA) is 79.4 Å². The maximum absolute atomic E-state index is 12.9. The molecular weight excluding hydrogens is 338 g/mol. The molecule has 3 rings (SSSR count). The molecule has 8 nitrogen and oxygen atoms in total. The van der Waals surface area contributed by atoms with Crippen molar-refractivity contribution in [2.24, 2.45) is 5.92 Å². The number of esters is 1. The lowest BCUT2D eigenvalue weighted by atomic mass is 9.87. The number of amides is 3. The van der Waals surface area contributed by atoms with Crippen molar-refractivity contribution in [1.82, 2.24) is 14.7 Å². The fourth-order valence-corrected chi connectivity index (χ4v) is 4.10. The van der Waals surface area contributed by atoms with Crippen LogP contribution < -0.4 is 0 Å². The molecule has 1 atom stereocenters. The molecule has 0 aromatic rings. The third-order valence-corrected chi connectivity index (χ3v) is 5.64. The number of urea groups is 1. The first kappa shape index (κ1) is 18.9. The van der Waals surface area contributed by atoms with Crippen LogP contribution in [0.25, 0.3) is 0 Å². The maximum atomic E-state index is 12.9. The predicted molar refractivity (Wildman–Crippen MR) is 93.5 cm³/mol. The van der Waals surface area contributed by atoms with Gasteiger partial charge in [0.2, 0.25) is 5.91 Å². The summed E-state index contributed by atoms with van der Waals surface area (Å²) in [6.07, 6.45) is 5.08. The molecule has 3 aliphatic rings. The Morgan fingerprint density at radius 3 is 2.27 bits per heavy atom. The van der Waals surface area contributed by atoms with Crippen LogP contribution >= 0.6 is 0 Å². The van der Waals surface area contributed by atoms with Gasteiger partial charge in [-0.3, -0.25) is 4.79 Å². The molecule has 0 radical (unpaired) electrons. The number of ether oxygens (including phenoxy) is 2. The highest BCUT2D eigenvalue weighted by Gasteiger charge is 2.40. The number of carbonyl (C=O) groups excluding carboxylic acids is 3. The molecule has 2 aliphatic heterocycles. The standard InChI is InChI=1S/C18H29N3O5/c1-25-17(23)15-13-20(18(24)19-9-11-26-12-10-19)7-8-21(15)16(22)14-5-3-2-4-6-14/h14-15H,2-13H2,1H3. The minimum Gasteiger partial charge on any atom is -0.467 e. The summed E-state index contributed by atoms with van der Waals surface area (Å²) < 4.78 is 10.2. The third-order valence-electron chi connectivity index (χ3n) is 5.64. The number of nitrogens with zero attached hydrogens (tertiary/aromatic N) is 3. The van der Waals surface area contributed by atoms with E-state index in [0.717, 1.165) is 25.7 Å². The van der Waals surface area contributed by atoms with Gasteiger partial charge in [-0.25, -0.2) is 9.59 Å². The monoisotopic (exact) mass is 367 g/mol. The number of hydrogen-bond donors (Lipinski definition) is 0. The second-order valence-corrected chi connectivity index (χ2v) is 7.23. The quantitative estimate of drug-likeness (QED) is 0.672. The number of methoxy groups -OCH3 is 1. The summed E-state index contributed by atoms with van der Waals surface area (Å²) >= 11 is 0. The summed E-state index contributed by atoms with van der Waals surface area (Å²) in [5, 5.41) is 0. The van der Waals surface area contributed by atoms with Crippen LogP contribution in [0.5, 0.6) is 0 Å². The molecule has 3 fully saturated rings. The SMILES string of the molecule is COC(=O)C1CN(C(=O)N2CCOCC2)CCN1C(=O)C1CCCCC1. The van der Waals surface area contributed by atoms with E-state index in [1.54, 1.807) is 14.7 Å². The van der Waals surface area contributed by atoms with Gasteiger partial charge in [0.05, 0.1) is 26.9 Å². The van der Waals surface area contributed by atoms with Crippen LogP contribution in [0.15, 0.2) is 0 Å². The maximum Gasteiger partial charge on any atom is 0.330 e. The molecule has 2 saturated heterocycles. The minimum absolute atomic E-state index is 0.00241. The Bertz CT molecular complexity index is 529. The molecule has 2 heterocycles. The molecule has 1 unspecified atom stereocenters. The van der Waals surface area contributed by atoms with E-state index in [-0.39, 0.29) is 24.4 Å². The number of morpholine rings is 1. The number of piperazine rings is 1. The molecule has 26 heavy (non-hydrogen) atoms. The van der Waals surface area contributed by atoms with Gasteiger partial charge in [-0.15, -0.1) is 0 Å². The van der Waals surface area contributed by atoms with E-state index in [2.05, 4.69) is 0 Å². The zero-order valence-corrected chi connectivity index (χ0v) is 15.5. The molecule has 3 amide bonds. The van der Waals surface area contributed by atoms with Gasteiger partial charge >= 0.3 is 12.0 Å². The van der Waals surface area contributed by atoms with Gasteiger partial charge in [-0.1, -0.05) is 19.3 Å². The zero-order chi connectivity index (χ0) is 18.5. The Labute approximate surface area is 154 Å². The van der Waals surface area contributed by atoms with E-state index in [1.807, 2.05) is 0 Å². The summed E-state index contributed by atoms with van der Waals surface area (Å²) in [7, 11) is 1.33. The van der Waals surface area contributed by atoms with Crippen LogP contribution in [-0.4, -0.2) is 91.7 Å². The van der Waals surface area contributed by atoms with Crippen molar-refractivity contribution in [2.75, 3.05) is 53.0 Å². The lowest BCUT2D eigenvalue weighted by molar-refractivity contribution is -0.157. The summed E-state index contributed by atoms with van der Waals surface area (Å²) in [4.78, 5) is 43.1. The number of hydrogen-bond acceptors (Lipinski definition) is 5. The zero-order valence-electron chi connectivity index (χ0n) is 15.5. The number of rotatable bonds is 2. The smallest absolute Gasteiger partial charge is 0.330 e. The highest BCUT2D eigenvalue weighted by atomic mass is 16.5. The largest absolute Gasteiger partial charge is 0.467 e. The lowest BCUT2D eigenvalue weighted by Crippen LogP contribution is -2.62. The Balaban J connectivity index is 1.67. The fourth-order valence-electron chi connectivity index (χ4n) is 4.10. The first-order chi connectivity index (χ1) is 12.6. The van der Waals surface area contributed by atoms with Gasteiger partial charge < -0.3 is 24.2 Å². The fraction of sp³-hybridized carbons (Fsp3) is 0.833. The van der Waals surface area contributed by atoms with Crippen LogP contribution in [0.4, 0.5) is 4.79 Å². The summed E-state index contributed by atoms with van der Waals surface area (Å²) in [6, 6.07) is -0.805. The van der Waals surface area contributed by atoms with Crippen molar-refractivity contribution < 1.29 is 23.9 Å². The second kappa shape index (κ2) is 8.70. The molecule has 0 aromatic carbocycles. The minimum atomic E-state index is -0.715. The molecular formula is C18H29N3O5. The Morgan fingerprint density at radius 2 is 1.62 bits per heavy atom. The average molecular weight is 367 g/mol. The molecule has 0 spiro atoms. The highest BCUT2D eigenvalue weighted by Crippen LogP contribution is 2.27. The first-order valence-corrected chi connectivity index (χ1v) is 9.61. The normalized spacial score (nSPS) is 25.1. The van der Waals surface area contributed by atoms with E-state index in [9.17, 15) is 14.4 Å². The van der Waals surface area contributed by atoms with Crippen molar-refractivity contribution in [1.29, 1.82) is 0 Å². The van der Waals surface area contributed by atoms with E-state index < -0.39 is 12.0 Å². The van der Waals surface area contributed by atoms with Crippen molar-refractivity contribution in [2.45, 2.75) is 38.1 Å². The molecule has 8 heteroatoms. The second-order valence-electron chi connectivity index (χ2n) is 7.23. The van der Waals surface area contributed by atoms with Crippen LogP contribution in [0, 0.1) is 5.92 Å². The van der Waals surface area contributed by atoms with Crippen molar-refractivity contribution >= 4 is 17.9 Å². The predicted octanol–water partition coefficient (Wildman–Crippen LogP) is 0.705. The van der Waals surface area contributed by atoms with Crippen LogP contribution in [0.3, 0.4) is 0 Å². The van der Waals surface area contributed by atoms with Gasteiger partial charge in [-0.05, 0) is 12.8 Å². The highest BCUT2D eigenvalue weighted by molar-refractivity contribution is 5.87. The van der Waals surface area contributed by atoms with Crippen LogP contribution in [0.2, 0.25) is 0 Å². The molecule has 0 N–H and O–H groups in total. The molecule has 0 aromatic heterocycles. The van der Waals surface area contributed by atoms with Gasteiger partial charge in [0.1, 0.15) is 6.04 Å². The van der Waals surface area contributed by atoms with Crippen molar-refractivity contribution in [3.8, 4) is 0 Å². The van der Waals surface area contributed by atoms with E-state index in [0.29, 0.717) is 39.4 Å². The van der Waals surface area contributed by atoms with Crippen LogP contribution in [-0.2, 0) is 19.1 Å². The van der Waals surface area contributed by atoms with Gasteiger partial charge in [0, 0.05) is 32.1 Å². The van der Waals surface area contributed by atoms with E-state index >= 15 is 0 Å². The van der Waals surface area contributed by atoms with Gasteiger partial charge in [-0.2, -0.15) is 0 Å². The lowest BCUT2D eigenvalue weighted by Gasteiger charge is -2.43. The first-order valence-electron chi connectivity index (χ1n) is 9.61. The number of carbonyl (C=O) groups is 3. The van der Waals surface area contributed by atoms with Gasteiger partial charge in [0.25, 0.3) is 0 Å². The van der Waals surface area contributed by atoms with E-state index in [1.165, 1.54) is 13.5 Å². The summed E-state index contributed by atoms with van der Waals surface area (Å²) in [6.45, 7) is 3.21. The molecule has 0 bridgehead atoms.